The van der Waals surface area contributed by atoms with Crippen LogP contribution in [0.5, 0.6) is 0 Å². The Morgan fingerprint density at radius 3 is 2.29 bits per heavy atom. The Bertz CT molecular complexity index is 278. The maximum absolute atomic E-state index is 11.4. The fourth-order valence-electron chi connectivity index (χ4n) is 1.71. The minimum Gasteiger partial charge on any atom is -0.215 e. The lowest BCUT2D eigenvalue weighted by Crippen LogP contribution is -2.34. The van der Waals surface area contributed by atoms with Crippen molar-refractivity contribution < 1.29 is 8.42 Å². The number of rotatable bonds is 6. The van der Waals surface area contributed by atoms with Gasteiger partial charge in [0.15, 0.2) is 0 Å². The van der Waals surface area contributed by atoms with Gasteiger partial charge in [-0.3, -0.25) is 0 Å². The van der Waals surface area contributed by atoms with Crippen molar-refractivity contribution in [2.45, 2.75) is 40.0 Å². The topological polar surface area (TPSA) is 46.2 Å². The predicted octanol–water partition coefficient (Wildman–Crippen LogP) is 1.75. The van der Waals surface area contributed by atoms with Gasteiger partial charge in [-0.05, 0) is 30.6 Å². The van der Waals surface area contributed by atoms with Crippen LogP contribution < -0.4 is 4.72 Å². The summed E-state index contributed by atoms with van der Waals surface area (Å²) in [6.45, 7) is 6.85. The van der Waals surface area contributed by atoms with Crippen molar-refractivity contribution in [3.8, 4) is 0 Å². The van der Waals surface area contributed by atoms with Crippen molar-refractivity contribution >= 4 is 10.0 Å². The Labute approximate surface area is 87.3 Å². The van der Waals surface area contributed by atoms with Gasteiger partial charge in [0.25, 0.3) is 0 Å². The van der Waals surface area contributed by atoms with E-state index in [1.807, 2.05) is 6.92 Å². The van der Waals surface area contributed by atoms with Crippen molar-refractivity contribution in [1.82, 2.24) is 4.72 Å². The quantitative estimate of drug-likeness (QED) is 0.740. The molecule has 0 atom stereocenters. The molecule has 1 N–H and O–H groups in total. The largest absolute Gasteiger partial charge is 0.215 e. The summed E-state index contributed by atoms with van der Waals surface area (Å²) in [5.74, 6) is 0.827. The van der Waals surface area contributed by atoms with E-state index in [1.54, 1.807) is 0 Å². The SMILES string of the molecule is CCCS(=O)(=O)NCC1(C(C)C)CC1. The third-order valence-corrected chi connectivity index (χ3v) is 4.76. The molecule has 0 bridgehead atoms. The second-order valence-electron chi connectivity index (χ2n) is 4.66. The summed E-state index contributed by atoms with van der Waals surface area (Å²) in [6, 6.07) is 0. The average Bonchev–Trinajstić information content (AvgIpc) is 2.81. The second-order valence-corrected chi connectivity index (χ2v) is 6.58. The maximum Gasteiger partial charge on any atom is 0.211 e. The Balaban J connectivity index is 2.41. The Morgan fingerprint density at radius 1 is 1.36 bits per heavy atom. The smallest absolute Gasteiger partial charge is 0.211 e. The molecule has 0 aromatic heterocycles. The van der Waals surface area contributed by atoms with E-state index in [-0.39, 0.29) is 11.2 Å². The van der Waals surface area contributed by atoms with E-state index in [9.17, 15) is 8.42 Å². The molecule has 1 rings (SSSR count). The first-order chi connectivity index (χ1) is 6.42. The zero-order valence-corrected chi connectivity index (χ0v) is 10.2. The monoisotopic (exact) mass is 219 g/mol. The van der Waals surface area contributed by atoms with Gasteiger partial charge in [-0.25, -0.2) is 13.1 Å². The van der Waals surface area contributed by atoms with Gasteiger partial charge in [0, 0.05) is 6.54 Å². The van der Waals surface area contributed by atoms with E-state index in [4.69, 9.17) is 0 Å². The van der Waals surface area contributed by atoms with E-state index in [1.165, 1.54) is 12.8 Å². The molecule has 0 aliphatic heterocycles. The molecule has 1 saturated carbocycles. The van der Waals surface area contributed by atoms with Gasteiger partial charge in [-0.15, -0.1) is 0 Å². The van der Waals surface area contributed by atoms with E-state index in [0.29, 0.717) is 18.9 Å². The first-order valence-corrected chi connectivity index (χ1v) is 7.04. The van der Waals surface area contributed by atoms with Crippen LogP contribution in [-0.4, -0.2) is 20.7 Å². The van der Waals surface area contributed by atoms with Crippen LogP contribution in [0.4, 0.5) is 0 Å². The van der Waals surface area contributed by atoms with Gasteiger partial charge >= 0.3 is 0 Å². The lowest BCUT2D eigenvalue weighted by atomic mass is 9.93. The van der Waals surface area contributed by atoms with Crippen molar-refractivity contribution in [2.24, 2.45) is 11.3 Å². The van der Waals surface area contributed by atoms with Crippen LogP contribution in [0, 0.1) is 11.3 Å². The summed E-state index contributed by atoms with van der Waals surface area (Å²) in [6.07, 6.45) is 3.02. The molecule has 0 amide bonds. The molecule has 0 unspecified atom stereocenters. The molecule has 14 heavy (non-hydrogen) atoms. The van der Waals surface area contributed by atoms with Crippen LogP contribution in [0.2, 0.25) is 0 Å². The summed E-state index contributed by atoms with van der Waals surface area (Å²) >= 11 is 0. The third kappa shape index (κ3) is 2.95. The number of hydrogen-bond donors (Lipinski definition) is 1. The third-order valence-electron chi connectivity index (χ3n) is 3.23. The van der Waals surface area contributed by atoms with E-state index in [0.717, 1.165) is 0 Å². The summed E-state index contributed by atoms with van der Waals surface area (Å²) in [5.41, 5.74) is 0.265. The molecule has 0 spiro atoms. The van der Waals surface area contributed by atoms with Gasteiger partial charge in [-0.2, -0.15) is 0 Å². The van der Waals surface area contributed by atoms with Gasteiger partial charge < -0.3 is 0 Å². The standard InChI is InChI=1S/C10H21NO2S/c1-4-7-14(12,13)11-8-10(5-6-10)9(2)3/h9,11H,4-8H2,1-3H3. The molecular formula is C10H21NO2S. The van der Waals surface area contributed by atoms with Crippen molar-refractivity contribution in [2.75, 3.05) is 12.3 Å². The van der Waals surface area contributed by atoms with Gasteiger partial charge in [0.2, 0.25) is 10.0 Å². The fraction of sp³-hybridized carbons (Fsp3) is 1.00. The number of hydrogen-bond acceptors (Lipinski definition) is 2. The first-order valence-electron chi connectivity index (χ1n) is 5.39. The molecule has 0 aromatic rings. The Kier molecular flexibility index (Phi) is 3.58. The molecule has 1 aliphatic carbocycles. The molecule has 84 valence electrons. The van der Waals surface area contributed by atoms with Crippen LogP contribution in [-0.2, 0) is 10.0 Å². The molecule has 0 radical (unpaired) electrons. The number of sulfonamides is 1. The Morgan fingerprint density at radius 2 is 1.93 bits per heavy atom. The predicted molar refractivity (Wildman–Crippen MR) is 58.6 cm³/mol. The van der Waals surface area contributed by atoms with Crippen LogP contribution in [0.3, 0.4) is 0 Å². The lowest BCUT2D eigenvalue weighted by molar-refractivity contribution is 0.357. The van der Waals surface area contributed by atoms with Crippen LogP contribution in [0.1, 0.15) is 40.0 Å². The first kappa shape index (κ1) is 12.0. The summed E-state index contributed by atoms with van der Waals surface area (Å²) in [5, 5.41) is 0. The van der Waals surface area contributed by atoms with Crippen LogP contribution in [0.25, 0.3) is 0 Å². The lowest BCUT2D eigenvalue weighted by Gasteiger charge is -2.19. The molecule has 0 saturated heterocycles. The van der Waals surface area contributed by atoms with Crippen molar-refractivity contribution in [3.63, 3.8) is 0 Å². The minimum absolute atomic E-state index is 0.251. The highest BCUT2D eigenvalue weighted by atomic mass is 32.2. The van der Waals surface area contributed by atoms with E-state index >= 15 is 0 Å². The highest BCUT2D eigenvalue weighted by molar-refractivity contribution is 7.89. The minimum atomic E-state index is -3.01. The molecule has 1 aliphatic rings. The summed E-state index contributed by atoms with van der Waals surface area (Å²) in [7, 11) is -3.01. The average molecular weight is 219 g/mol. The fourth-order valence-corrected chi connectivity index (χ4v) is 2.90. The summed E-state index contributed by atoms with van der Waals surface area (Å²) < 4.78 is 25.5. The normalized spacial score (nSPS) is 20.0. The van der Waals surface area contributed by atoms with Crippen molar-refractivity contribution in [1.29, 1.82) is 0 Å². The van der Waals surface area contributed by atoms with Crippen LogP contribution >= 0.6 is 0 Å². The highest BCUT2D eigenvalue weighted by Gasteiger charge is 2.45. The Hall–Kier alpha value is -0.0900. The van der Waals surface area contributed by atoms with E-state index < -0.39 is 10.0 Å². The second kappa shape index (κ2) is 4.19. The zero-order chi connectivity index (χ0) is 10.8. The van der Waals surface area contributed by atoms with Crippen molar-refractivity contribution in [3.05, 3.63) is 0 Å². The van der Waals surface area contributed by atoms with E-state index in [2.05, 4.69) is 18.6 Å². The molecular weight excluding hydrogens is 198 g/mol. The van der Waals surface area contributed by atoms with Gasteiger partial charge in [-0.1, -0.05) is 20.8 Å². The molecule has 4 heteroatoms. The highest BCUT2D eigenvalue weighted by Crippen LogP contribution is 2.51. The van der Waals surface area contributed by atoms with Gasteiger partial charge in [0.05, 0.1) is 5.75 Å². The van der Waals surface area contributed by atoms with Crippen LogP contribution in [0.15, 0.2) is 0 Å². The van der Waals surface area contributed by atoms with Gasteiger partial charge in [0.1, 0.15) is 0 Å². The summed E-state index contributed by atoms with van der Waals surface area (Å²) in [4.78, 5) is 0. The zero-order valence-electron chi connectivity index (χ0n) is 9.34. The molecule has 3 nitrogen and oxygen atoms in total. The molecule has 0 heterocycles. The molecule has 0 aromatic carbocycles. The molecule has 1 fully saturated rings. The maximum atomic E-state index is 11.4. The number of nitrogens with one attached hydrogen (secondary N) is 1.